The van der Waals surface area contributed by atoms with E-state index < -0.39 is 81.9 Å². The van der Waals surface area contributed by atoms with Gasteiger partial charge in [0, 0.05) is 0 Å². The fourth-order valence-electron chi connectivity index (χ4n) is 3.55. The van der Waals surface area contributed by atoms with E-state index in [2.05, 4.69) is 3.63 Å². The topological polar surface area (TPSA) is 46.9 Å². The molecule has 0 aliphatic rings. The Morgan fingerprint density at radius 2 is 0.795 bits per heavy atom. The second kappa shape index (κ2) is 11.0. The van der Waals surface area contributed by atoms with E-state index in [4.69, 9.17) is 0 Å². The number of hydrogen-bond acceptors (Lipinski definition) is 2. The molecular weight excluding hydrogens is 685 g/mol. The first-order chi connectivity index (χ1) is 19.7. The van der Waals surface area contributed by atoms with Crippen LogP contribution < -0.4 is 0 Å². The molecule has 0 unspecified atom stereocenters. The van der Waals surface area contributed by atoms with E-state index in [1.54, 1.807) is 0 Å². The van der Waals surface area contributed by atoms with Crippen molar-refractivity contribution in [3.63, 3.8) is 0 Å². The van der Waals surface area contributed by atoms with Gasteiger partial charge in [-0.1, -0.05) is 18.2 Å². The fraction of sp³-hybridized carbons (Fsp3) is 0.250. The summed E-state index contributed by atoms with van der Waals surface area (Å²) < 4.78 is 231. The Bertz CT molecular complexity index is 1510. The molecule has 0 fully saturated rings. The predicted molar refractivity (Wildman–Crippen MR) is 124 cm³/mol. The lowest BCUT2D eigenvalue weighted by Gasteiger charge is -2.37. The van der Waals surface area contributed by atoms with Crippen molar-refractivity contribution in [3.8, 4) is 0 Å². The van der Waals surface area contributed by atoms with Crippen LogP contribution in [0.4, 0.5) is 65.9 Å². The number of hydrogen-bond donors (Lipinski definition) is 0. The molecule has 0 radical (unpaired) electrons. The Kier molecular flexibility index (Phi) is 8.87. The summed E-state index contributed by atoms with van der Waals surface area (Å²) >= 11 is 0. The van der Waals surface area contributed by atoms with Gasteiger partial charge in [-0.05, 0) is 60.7 Å². The molecule has 0 atom stereocenters. The van der Waals surface area contributed by atoms with Crippen molar-refractivity contribution in [2.75, 3.05) is 0 Å². The van der Waals surface area contributed by atoms with Gasteiger partial charge in [0.2, 0.25) is 0 Å². The maximum Gasteiger partial charge on any atom is 0.486 e. The molecule has 1 N–H and O–H groups in total. The third-order valence-electron chi connectivity index (χ3n) is 5.78. The average Bonchev–Trinajstić information content (AvgIpc) is 2.90. The first-order valence-electron chi connectivity index (χ1n) is 11.2. The third kappa shape index (κ3) is 5.94. The van der Waals surface area contributed by atoms with E-state index in [0.29, 0.717) is 24.3 Å². The van der Waals surface area contributed by atoms with Crippen LogP contribution in [0.25, 0.3) is 0 Å². The average molecular weight is 699 g/mol. The molecule has 0 saturated carbocycles. The second-order valence-corrected chi connectivity index (χ2v) is 13.3. The van der Waals surface area contributed by atoms with E-state index in [1.165, 1.54) is 6.07 Å². The molecule has 0 aromatic heterocycles. The molecule has 3 nitrogen and oxygen atoms in total. The smallest absolute Gasteiger partial charge is 0.257 e. The maximum absolute atomic E-state index is 14.8. The predicted octanol–water partition coefficient (Wildman–Crippen LogP) is 9.77. The van der Waals surface area contributed by atoms with Crippen LogP contribution in [-0.2, 0) is 22.5 Å². The van der Waals surface area contributed by atoms with E-state index in [-0.39, 0.29) is 24.3 Å². The maximum atomic E-state index is 14.8. The van der Waals surface area contributed by atoms with Crippen molar-refractivity contribution < 1.29 is 77.9 Å². The highest BCUT2D eigenvalue weighted by Crippen LogP contribution is 2.70. The molecule has 3 rings (SSSR count). The Morgan fingerprint density at radius 3 is 1.11 bits per heavy atom. The highest BCUT2D eigenvalue weighted by molar-refractivity contribution is 8.32. The van der Waals surface area contributed by atoms with Crippen molar-refractivity contribution >= 4 is 20.4 Å². The zero-order valence-corrected chi connectivity index (χ0v) is 22.4. The van der Waals surface area contributed by atoms with Crippen LogP contribution in [-0.4, -0.2) is 35.3 Å². The summed E-state index contributed by atoms with van der Waals surface area (Å²) in [6.45, 7) is 0. The van der Waals surface area contributed by atoms with Gasteiger partial charge in [-0.25, -0.2) is 0 Å². The first-order valence-corrected chi connectivity index (χ1v) is 14.2. The molecule has 20 heteroatoms. The minimum Gasteiger partial charge on any atom is -0.257 e. The van der Waals surface area contributed by atoms with Gasteiger partial charge in [-0.3, -0.25) is 3.63 Å². The summed E-state index contributed by atoms with van der Waals surface area (Å²) in [5, 5.41) is -7.34. The van der Waals surface area contributed by atoms with Crippen molar-refractivity contribution in [2.45, 2.75) is 50.3 Å². The molecule has 0 bridgehead atoms. The second-order valence-electron chi connectivity index (χ2n) is 8.65. The van der Waals surface area contributed by atoms with E-state index in [0.717, 1.165) is 24.3 Å². The third-order valence-corrected chi connectivity index (χ3v) is 11.2. The fourth-order valence-corrected chi connectivity index (χ4v) is 9.02. The molecule has 0 spiro atoms. The van der Waals surface area contributed by atoms with E-state index in [1.807, 2.05) is 0 Å². The number of benzene rings is 3. The Hall–Kier alpha value is -3.13. The molecule has 3 aromatic carbocycles. The lowest BCUT2D eigenvalue weighted by Crippen LogP contribution is -2.63. The van der Waals surface area contributed by atoms with Gasteiger partial charge in [-0.15, -0.1) is 8.42 Å². The zero-order chi connectivity index (χ0) is 33.8. The van der Waals surface area contributed by atoms with Crippen molar-refractivity contribution in [3.05, 3.63) is 90.0 Å². The van der Waals surface area contributed by atoms with Crippen LogP contribution in [0.2, 0.25) is 0 Å². The van der Waals surface area contributed by atoms with Gasteiger partial charge in [0.1, 0.15) is 0 Å². The summed E-state index contributed by atoms with van der Waals surface area (Å²) in [6, 6.07) is 7.47. The minimum atomic E-state index is -7.72. The van der Waals surface area contributed by atoms with Gasteiger partial charge in [0.15, 0.2) is 0 Å². The lowest BCUT2D eigenvalue weighted by molar-refractivity contribution is -0.382. The highest BCUT2D eigenvalue weighted by atomic mass is 32.3. The molecule has 0 amide bonds. The Morgan fingerprint density at radius 1 is 0.455 bits per heavy atom. The molecule has 44 heavy (non-hydrogen) atoms. The molecule has 0 aliphatic heterocycles. The summed E-state index contributed by atoms with van der Waals surface area (Å²) in [7, 11) is -12.3. The monoisotopic (exact) mass is 699 g/mol. The van der Waals surface area contributed by atoms with Gasteiger partial charge < -0.3 is 0 Å². The van der Waals surface area contributed by atoms with Crippen molar-refractivity contribution in [1.29, 1.82) is 0 Å². The van der Waals surface area contributed by atoms with Crippen LogP contribution in [0, 0.1) is 0 Å². The van der Waals surface area contributed by atoms with Gasteiger partial charge in [0.05, 0.1) is 36.1 Å². The zero-order valence-electron chi connectivity index (χ0n) is 20.8. The van der Waals surface area contributed by atoms with Crippen molar-refractivity contribution in [1.82, 2.24) is 0 Å². The highest BCUT2D eigenvalue weighted by Gasteiger charge is 2.88. The summed E-state index contributed by atoms with van der Waals surface area (Å²) in [5.41, 5.74) is -2.89. The first kappa shape index (κ1) is 35.4. The normalized spacial score (nSPS) is 14.9. The van der Waals surface area contributed by atoms with E-state index >= 15 is 0 Å². The minimum absolute atomic E-state index is 0.233. The molecular formula is C24H14F15O3S2+. The number of rotatable bonds is 8. The summed E-state index contributed by atoms with van der Waals surface area (Å²) in [4.78, 5) is -2.37. The Balaban J connectivity index is 2.42. The SMILES string of the molecule is O=S(=O)([OH+]S(c1ccccc1)(c1ccc(C(F)(F)F)cc1)c1ccc(C(F)(F)F)cc1)C(F)(F)C(F)(F)C(F)(F)C(F)(F)F. The summed E-state index contributed by atoms with van der Waals surface area (Å²) in [6.07, 6.45) is -17.6. The molecule has 3 aromatic rings. The van der Waals surface area contributed by atoms with Gasteiger partial charge >= 0.3 is 45.7 Å². The van der Waals surface area contributed by atoms with Crippen LogP contribution >= 0.6 is 10.3 Å². The van der Waals surface area contributed by atoms with Gasteiger partial charge in [-0.2, -0.15) is 65.9 Å². The van der Waals surface area contributed by atoms with Crippen LogP contribution in [0.3, 0.4) is 0 Å². The molecule has 0 heterocycles. The number of alkyl halides is 15. The largest absolute Gasteiger partial charge is 0.486 e. The van der Waals surface area contributed by atoms with Crippen LogP contribution in [0.1, 0.15) is 11.1 Å². The number of halogens is 15. The molecule has 244 valence electrons. The quantitative estimate of drug-likeness (QED) is 0.134. The van der Waals surface area contributed by atoms with Crippen LogP contribution in [0.5, 0.6) is 0 Å². The van der Waals surface area contributed by atoms with Crippen LogP contribution in [0.15, 0.2) is 93.5 Å². The van der Waals surface area contributed by atoms with Crippen molar-refractivity contribution in [2.24, 2.45) is 0 Å². The standard InChI is InChI=1S/C24H13F15O3S2/c25-19(26,27)14-6-10-17(11-7-14)43(16-4-2-1-3-5-16,18-12-8-15(9-13-18)20(28,29)30)42-44(40,41)24(38,39)22(33,34)21(31,32)23(35,36)37/h1-13H/p+1. The van der Waals surface area contributed by atoms with Gasteiger partial charge in [0.25, 0.3) is 0 Å². The lowest BCUT2D eigenvalue weighted by atomic mass is 10.1. The summed E-state index contributed by atoms with van der Waals surface area (Å²) in [5.74, 6) is -15.4. The molecule has 0 aliphatic carbocycles. The molecule has 0 saturated heterocycles. The Labute approximate surface area is 238 Å². The van der Waals surface area contributed by atoms with E-state index in [9.17, 15) is 74.3 Å².